The summed E-state index contributed by atoms with van der Waals surface area (Å²) in [6, 6.07) is 9.15. The predicted molar refractivity (Wildman–Crippen MR) is 133 cm³/mol. The van der Waals surface area contributed by atoms with Crippen molar-refractivity contribution in [3.63, 3.8) is 0 Å². The number of morpholine rings is 1. The molecule has 34 heavy (non-hydrogen) atoms. The third-order valence-electron chi connectivity index (χ3n) is 5.45. The normalized spacial score (nSPS) is 15.2. The van der Waals surface area contributed by atoms with Crippen molar-refractivity contribution in [3.8, 4) is 28.7 Å². The molecule has 0 radical (unpaired) electrons. The zero-order valence-corrected chi connectivity index (χ0v) is 21.0. The maximum atomic E-state index is 12.8. The molecule has 0 N–H and O–H groups in total. The number of benzene rings is 2. The van der Waals surface area contributed by atoms with Gasteiger partial charge in [0.1, 0.15) is 35.0 Å². The molecular formula is C25H33NO7S. The van der Waals surface area contributed by atoms with Crippen LogP contribution in [0.5, 0.6) is 28.7 Å². The summed E-state index contributed by atoms with van der Waals surface area (Å²) >= 11 is -1.27. The van der Waals surface area contributed by atoms with E-state index in [9.17, 15) is 4.55 Å². The van der Waals surface area contributed by atoms with E-state index in [0.29, 0.717) is 46.7 Å². The van der Waals surface area contributed by atoms with Gasteiger partial charge in [-0.2, -0.15) is 0 Å². The molecule has 0 aliphatic carbocycles. The maximum Gasteiger partial charge on any atom is 0.161 e. The lowest BCUT2D eigenvalue weighted by molar-refractivity contribution is 0.0321. The van der Waals surface area contributed by atoms with E-state index in [-0.39, 0.29) is 0 Å². The van der Waals surface area contributed by atoms with Gasteiger partial charge < -0.3 is 33.0 Å². The Bertz CT molecular complexity index is 922. The predicted octanol–water partition coefficient (Wildman–Crippen LogP) is 3.35. The second-order valence-corrected chi connectivity index (χ2v) is 8.88. The molecule has 186 valence electrons. The second-order valence-electron chi connectivity index (χ2n) is 7.56. The van der Waals surface area contributed by atoms with Crippen LogP contribution < -0.4 is 23.7 Å². The van der Waals surface area contributed by atoms with Crippen LogP contribution >= 0.6 is 0 Å². The highest BCUT2D eigenvalue weighted by Gasteiger charge is 2.15. The van der Waals surface area contributed by atoms with Crippen LogP contribution in [0, 0.1) is 0 Å². The Kier molecular flexibility index (Phi) is 10.2. The SMILES string of the molecule is COc1cc(OC)c(C=C[S+]([O-])Cc2ccc(OC)c(OCCN3CCOCC3)c2)c(OC)c1. The Morgan fingerprint density at radius 2 is 1.59 bits per heavy atom. The van der Waals surface area contributed by atoms with Crippen LogP contribution in [0.15, 0.2) is 35.7 Å². The summed E-state index contributed by atoms with van der Waals surface area (Å²) < 4.78 is 45.8. The first kappa shape index (κ1) is 26.0. The Balaban J connectivity index is 1.65. The monoisotopic (exact) mass is 491 g/mol. The molecular weight excluding hydrogens is 458 g/mol. The fourth-order valence-electron chi connectivity index (χ4n) is 3.59. The molecule has 0 amide bonds. The highest BCUT2D eigenvalue weighted by molar-refractivity contribution is 7.93. The topological polar surface area (TPSA) is 81.7 Å². The molecule has 2 aromatic rings. The first-order chi connectivity index (χ1) is 16.6. The molecule has 1 atom stereocenters. The molecule has 1 aliphatic heterocycles. The first-order valence-corrected chi connectivity index (χ1v) is 12.4. The van der Waals surface area contributed by atoms with Crippen LogP contribution in [-0.4, -0.2) is 77.3 Å². The molecule has 0 bridgehead atoms. The fraction of sp³-hybridized carbons (Fsp3) is 0.440. The van der Waals surface area contributed by atoms with Crippen molar-refractivity contribution in [3.05, 3.63) is 46.9 Å². The largest absolute Gasteiger partial charge is 0.612 e. The summed E-state index contributed by atoms with van der Waals surface area (Å²) in [7, 11) is 6.33. The smallest absolute Gasteiger partial charge is 0.161 e. The van der Waals surface area contributed by atoms with Crippen LogP contribution in [0.1, 0.15) is 11.1 Å². The van der Waals surface area contributed by atoms with Gasteiger partial charge in [0.25, 0.3) is 0 Å². The van der Waals surface area contributed by atoms with E-state index in [1.807, 2.05) is 18.2 Å². The van der Waals surface area contributed by atoms with Gasteiger partial charge in [-0.1, -0.05) is 6.07 Å². The second kappa shape index (κ2) is 13.3. The molecule has 0 aromatic heterocycles. The van der Waals surface area contributed by atoms with Crippen molar-refractivity contribution in [2.45, 2.75) is 5.75 Å². The number of rotatable bonds is 12. The van der Waals surface area contributed by atoms with Crippen LogP contribution in [0.2, 0.25) is 0 Å². The van der Waals surface area contributed by atoms with Crippen molar-refractivity contribution < 1.29 is 33.0 Å². The van der Waals surface area contributed by atoms with Crippen molar-refractivity contribution in [2.24, 2.45) is 0 Å². The number of ether oxygens (including phenoxy) is 6. The van der Waals surface area contributed by atoms with E-state index in [0.717, 1.165) is 38.4 Å². The van der Waals surface area contributed by atoms with E-state index in [1.54, 1.807) is 52.1 Å². The van der Waals surface area contributed by atoms with Crippen molar-refractivity contribution >= 4 is 17.3 Å². The fourth-order valence-corrected chi connectivity index (χ4v) is 4.48. The van der Waals surface area contributed by atoms with Crippen molar-refractivity contribution in [1.29, 1.82) is 0 Å². The van der Waals surface area contributed by atoms with Gasteiger partial charge in [0.2, 0.25) is 0 Å². The Morgan fingerprint density at radius 1 is 0.912 bits per heavy atom. The average Bonchev–Trinajstić information content (AvgIpc) is 2.87. The van der Waals surface area contributed by atoms with E-state index in [1.165, 1.54) is 0 Å². The molecule has 3 rings (SSSR count). The van der Waals surface area contributed by atoms with E-state index in [2.05, 4.69) is 4.90 Å². The first-order valence-electron chi connectivity index (χ1n) is 11.0. The molecule has 1 aliphatic rings. The van der Waals surface area contributed by atoms with Gasteiger partial charge in [0.15, 0.2) is 11.5 Å². The van der Waals surface area contributed by atoms with Crippen LogP contribution in [0.25, 0.3) is 6.08 Å². The minimum atomic E-state index is -1.27. The van der Waals surface area contributed by atoms with E-state index >= 15 is 0 Å². The lowest BCUT2D eigenvalue weighted by Gasteiger charge is -2.26. The number of hydrogen-bond acceptors (Lipinski definition) is 8. The molecule has 1 unspecified atom stereocenters. The number of methoxy groups -OCH3 is 4. The molecule has 1 heterocycles. The standard InChI is InChI=1S/C25H33NO7S/c1-28-20-16-23(30-3)21(24(17-20)31-4)7-14-34(27)18-19-5-6-22(29-2)25(15-19)33-13-10-26-8-11-32-12-9-26/h5-7,14-17H,8-13,18H2,1-4H3. The molecule has 1 saturated heterocycles. The van der Waals surface area contributed by atoms with Gasteiger partial charge in [-0.15, -0.1) is 0 Å². The van der Waals surface area contributed by atoms with Crippen LogP contribution in [-0.2, 0) is 21.7 Å². The number of nitrogens with zero attached hydrogens (tertiary/aromatic N) is 1. The molecule has 0 saturated carbocycles. The van der Waals surface area contributed by atoms with E-state index < -0.39 is 11.2 Å². The summed E-state index contributed by atoms with van der Waals surface area (Å²) in [5, 5.41) is 1.63. The molecule has 0 spiro atoms. The highest BCUT2D eigenvalue weighted by atomic mass is 32.2. The average molecular weight is 492 g/mol. The van der Waals surface area contributed by atoms with Crippen LogP contribution in [0.3, 0.4) is 0 Å². The van der Waals surface area contributed by atoms with Gasteiger partial charge >= 0.3 is 0 Å². The Morgan fingerprint density at radius 3 is 2.21 bits per heavy atom. The van der Waals surface area contributed by atoms with Gasteiger partial charge in [-0.25, -0.2) is 0 Å². The minimum absolute atomic E-state index is 0.334. The summed E-state index contributed by atoms with van der Waals surface area (Å²) in [4.78, 5) is 2.31. The Hall–Kier alpha value is -2.59. The zero-order valence-electron chi connectivity index (χ0n) is 20.2. The Labute approximate surface area is 204 Å². The maximum absolute atomic E-state index is 12.8. The van der Waals surface area contributed by atoms with Crippen LogP contribution in [0.4, 0.5) is 0 Å². The quantitative estimate of drug-likeness (QED) is 0.418. The van der Waals surface area contributed by atoms with E-state index in [4.69, 9.17) is 28.4 Å². The van der Waals surface area contributed by atoms with Gasteiger partial charge in [0, 0.05) is 43.4 Å². The molecule has 1 fully saturated rings. The van der Waals surface area contributed by atoms with Gasteiger partial charge in [-0.05, 0) is 23.3 Å². The molecule has 2 aromatic carbocycles. The molecule has 9 heteroatoms. The summed E-state index contributed by atoms with van der Waals surface area (Å²) in [5.74, 6) is 3.40. The number of hydrogen-bond donors (Lipinski definition) is 0. The molecule has 8 nitrogen and oxygen atoms in total. The van der Waals surface area contributed by atoms with Crippen molar-refractivity contribution in [2.75, 3.05) is 67.9 Å². The van der Waals surface area contributed by atoms with Gasteiger partial charge in [0.05, 0.1) is 47.2 Å². The summed E-state index contributed by atoms with van der Waals surface area (Å²) in [5.41, 5.74) is 1.58. The third-order valence-corrected chi connectivity index (χ3v) is 6.50. The highest BCUT2D eigenvalue weighted by Crippen LogP contribution is 2.35. The zero-order chi connectivity index (χ0) is 24.3. The van der Waals surface area contributed by atoms with Crippen molar-refractivity contribution in [1.82, 2.24) is 4.90 Å². The minimum Gasteiger partial charge on any atom is -0.612 e. The third kappa shape index (κ3) is 7.20. The van der Waals surface area contributed by atoms with Gasteiger partial charge in [-0.3, -0.25) is 4.90 Å². The summed E-state index contributed by atoms with van der Waals surface area (Å²) in [6.45, 7) is 4.70. The lowest BCUT2D eigenvalue weighted by Crippen LogP contribution is -2.38. The summed E-state index contributed by atoms with van der Waals surface area (Å²) in [6.07, 6.45) is 1.75. The lowest BCUT2D eigenvalue weighted by atomic mass is 10.1.